The van der Waals surface area contributed by atoms with Crippen LogP contribution in [0.25, 0.3) is 0 Å². The van der Waals surface area contributed by atoms with Crippen LogP contribution in [0.15, 0.2) is 18.2 Å². The van der Waals surface area contributed by atoms with Crippen LogP contribution < -0.4 is 0 Å². The fourth-order valence-electron chi connectivity index (χ4n) is 1.68. The first kappa shape index (κ1) is 15.8. The first-order valence-corrected chi connectivity index (χ1v) is 6.53. The predicted octanol–water partition coefficient (Wildman–Crippen LogP) is 3.18. The third-order valence-corrected chi connectivity index (χ3v) is 3.01. The smallest absolute Gasteiger partial charge is 0.323 e. The molecule has 4 nitrogen and oxygen atoms in total. The average molecular weight is 304 g/mol. The number of nitrogens with zero attached hydrogens (tertiary/aromatic N) is 1. The molecule has 1 N–H and O–H groups in total. The third-order valence-electron chi connectivity index (χ3n) is 2.38. The first-order chi connectivity index (χ1) is 8.82. The minimum Gasteiger partial charge on any atom is -0.480 e. The molecule has 1 amide bonds. The number of amides is 1. The minimum absolute atomic E-state index is 0.143. The molecule has 0 radical (unpaired) electrons. The van der Waals surface area contributed by atoms with Crippen molar-refractivity contribution in [2.75, 3.05) is 13.1 Å². The summed E-state index contributed by atoms with van der Waals surface area (Å²) in [5.41, 5.74) is 0.146. The van der Waals surface area contributed by atoms with Crippen LogP contribution in [0.3, 0.4) is 0 Å². The van der Waals surface area contributed by atoms with E-state index in [2.05, 4.69) is 0 Å². The fourth-order valence-corrected chi connectivity index (χ4v) is 2.24. The summed E-state index contributed by atoms with van der Waals surface area (Å²) in [6.07, 6.45) is 0. The monoisotopic (exact) mass is 303 g/mol. The molecule has 0 atom stereocenters. The van der Waals surface area contributed by atoms with Gasteiger partial charge in [-0.2, -0.15) is 0 Å². The molecular formula is C13H15Cl2NO3. The van der Waals surface area contributed by atoms with Crippen LogP contribution in [0.5, 0.6) is 0 Å². The summed E-state index contributed by atoms with van der Waals surface area (Å²) in [6, 6.07) is 4.73. The second-order valence-corrected chi connectivity index (χ2v) is 5.38. The molecule has 0 heterocycles. The van der Waals surface area contributed by atoms with Gasteiger partial charge < -0.3 is 10.0 Å². The highest BCUT2D eigenvalue weighted by Gasteiger charge is 2.23. The Balaban J connectivity index is 3.08. The zero-order valence-corrected chi connectivity index (χ0v) is 12.2. The van der Waals surface area contributed by atoms with Crippen LogP contribution in [0.1, 0.15) is 24.2 Å². The van der Waals surface area contributed by atoms with Crippen molar-refractivity contribution >= 4 is 35.1 Å². The summed E-state index contributed by atoms with van der Waals surface area (Å²) in [5.74, 6) is -1.39. The zero-order chi connectivity index (χ0) is 14.6. The maximum Gasteiger partial charge on any atom is 0.323 e. The van der Waals surface area contributed by atoms with Gasteiger partial charge >= 0.3 is 5.97 Å². The average Bonchev–Trinajstić information content (AvgIpc) is 2.26. The van der Waals surface area contributed by atoms with E-state index in [1.807, 2.05) is 13.8 Å². The molecule has 0 aliphatic carbocycles. The third kappa shape index (κ3) is 4.40. The van der Waals surface area contributed by atoms with Gasteiger partial charge in [-0.3, -0.25) is 9.59 Å². The molecule has 0 aliphatic rings. The Morgan fingerprint density at radius 1 is 1.26 bits per heavy atom. The van der Waals surface area contributed by atoms with E-state index in [1.165, 1.54) is 4.90 Å². The molecule has 19 heavy (non-hydrogen) atoms. The van der Waals surface area contributed by atoms with E-state index in [1.54, 1.807) is 18.2 Å². The fraction of sp³-hybridized carbons (Fsp3) is 0.385. The normalized spacial score (nSPS) is 10.6. The largest absolute Gasteiger partial charge is 0.480 e. The molecule has 0 unspecified atom stereocenters. The van der Waals surface area contributed by atoms with Crippen LogP contribution >= 0.6 is 23.2 Å². The predicted molar refractivity (Wildman–Crippen MR) is 74.8 cm³/mol. The lowest BCUT2D eigenvalue weighted by molar-refractivity contribution is -0.137. The Morgan fingerprint density at radius 3 is 2.21 bits per heavy atom. The standard InChI is InChI=1S/C13H15Cl2NO3/c1-8(2)6-16(7-11(17)18)13(19)12-9(14)4-3-5-10(12)15/h3-5,8H,6-7H2,1-2H3,(H,17,18). The molecule has 6 heteroatoms. The van der Waals surface area contributed by atoms with E-state index >= 15 is 0 Å². The van der Waals surface area contributed by atoms with Crippen molar-refractivity contribution in [2.24, 2.45) is 5.92 Å². The number of carboxylic acid groups (broad SMARTS) is 1. The number of hydrogen-bond acceptors (Lipinski definition) is 2. The van der Waals surface area contributed by atoms with Crippen molar-refractivity contribution in [3.63, 3.8) is 0 Å². The van der Waals surface area contributed by atoms with Gasteiger partial charge in [0.1, 0.15) is 6.54 Å². The number of benzene rings is 1. The molecule has 0 fully saturated rings. The summed E-state index contributed by atoms with van der Waals surface area (Å²) < 4.78 is 0. The highest BCUT2D eigenvalue weighted by atomic mass is 35.5. The van der Waals surface area contributed by atoms with Gasteiger partial charge in [0.2, 0.25) is 0 Å². The summed E-state index contributed by atoms with van der Waals surface area (Å²) in [4.78, 5) is 24.4. The summed E-state index contributed by atoms with van der Waals surface area (Å²) >= 11 is 11.9. The van der Waals surface area contributed by atoms with Crippen molar-refractivity contribution in [3.05, 3.63) is 33.8 Å². The van der Waals surface area contributed by atoms with Crippen molar-refractivity contribution in [1.29, 1.82) is 0 Å². The summed E-state index contributed by atoms with van der Waals surface area (Å²) in [6.45, 7) is 3.75. The highest BCUT2D eigenvalue weighted by Crippen LogP contribution is 2.25. The molecule has 1 aromatic rings. The van der Waals surface area contributed by atoms with Crippen LogP contribution in [-0.2, 0) is 4.79 Å². The molecule has 0 saturated heterocycles. The van der Waals surface area contributed by atoms with Gasteiger partial charge in [0.05, 0.1) is 15.6 Å². The van der Waals surface area contributed by atoms with Crippen molar-refractivity contribution < 1.29 is 14.7 Å². The molecule has 0 spiro atoms. The number of aliphatic carboxylic acids is 1. The maximum absolute atomic E-state index is 12.4. The number of carbonyl (C=O) groups is 2. The summed E-state index contributed by atoms with van der Waals surface area (Å²) in [7, 11) is 0. The van der Waals surface area contributed by atoms with Gasteiger partial charge in [-0.05, 0) is 18.1 Å². The topological polar surface area (TPSA) is 57.6 Å². The van der Waals surface area contributed by atoms with E-state index in [0.717, 1.165) is 0 Å². The number of hydrogen-bond donors (Lipinski definition) is 1. The molecule has 1 aromatic carbocycles. The highest BCUT2D eigenvalue weighted by molar-refractivity contribution is 6.39. The summed E-state index contributed by atoms with van der Waals surface area (Å²) in [5, 5.41) is 9.31. The van der Waals surface area contributed by atoms with Gasteiger partial charge in [0.25, 0.3) is 5.91 Å². The number of carbonyl (C=O) groups excluding carboxylic acids is 1. The maximum atomic E-state index is 12.4. The van der Waals surface area contributed by atoms with Gasteiger partial charge in [-0.25, -0.2) is 0 Å². The quantitative estimate of drug-likeness (QED) is 0.909. The Hall–Kier alpha value is -1.26. The van der Waals surface area contributed by atoms with Crippen molar-refractivity contribution in [3.8, 4) is 0 Å². The van der Waals surface area contributed by atoms with E-state index in [9.17, 15) is 9.59 Å². The van der Waals surface area contributed by atoms with Crippen molar-refractivity contribution in [1.82, 2.24) is 4.90 Å². The van der Waals surface area contributed by atoms with E-state index in [-0.39, 0.29) is 28.1 Å². The molecule has 0 aromatic heterocycles. The minimum atomic E-state index is -1.07. The Morgan fingerprint density at radius 2 is 1.79 bits per heavy atom. The molecule has 104 valence electrons. The molecular weight excluding hydrogens is 289 g/mol. The van der Waals surface area contributed by atoms with Gasteiger partial charge in [-0.1, -0.05) is 43.1 Å². The number of rotatable bonds is 5. The van der Waals surface area contributed by atoms with Crippen LogP contribution in [0, 0.1) is 5.92 Å². The van der Waals surface area contributed by atoms with Crippen LogP contribution in [0.4, 0.5) is 0 Å². The Kier molecular flexibility index (Phi) is 5.63. The SMILES string of the molecule is CC(C)CN(CC(=O)O)C(=O)c1c(Cl)cccc1Cl. The van der Waals surface area contributed by atoms with E-state index < -0.39 is 11.9 Å². The van der Waals surface area contributed by atoms with Gasteiger partial charge in [-0.15, -0.1) is 0 Å². The lowest BCUT2D eigenvalue weighted by Gasteiger charge is -2.23. The molecule has 0 aliphatic heterocycles. The molecule has 0 bridgehead atoms. The van der Waals surface area contributed by atoms with E-state index in [0.29, 0.717) is 6.54 Å². The second-order valence-electron chi connectivity index (χ2n) is 4.57. The first-order valence-electron chi connectivity index (χ1n) is 5.78. The zero-order valence-electron chi connectivity index (χ0n) is 10.7. The lowest BCUT2D eigenvalue weighted by Crippen LogP contribution is -2.38. The number of halogens is 2. The van der Waals surface area contributed by atoms with Crippen LogP contribution in [-0.4, -0.2) is 35.0 Å². The van der Waals surface area contributed by atoms with Gasteiger partial charge in [0, 0.05) is 6.54 Å². The van der Waals surface area contributed by atoms with Crippen LogP contribution in [0.2, 0.25) is 10.0 Å². The molecule has 1 rings (SSSR count). The Bertz CT molecular complexity index is 469. The second kappa shape index (κ2) is 6.78. The Labute approximate surface area is 121 Å². The lowest BCUT2D eigenvalue weighted by atomic mass is 10.1. The number of carboxylic acids is 1. The van der Waals surface area contributed by atoms with E-state index in [4.69, 9.17) is 28.3 Å². The molecule has 0 saturated carbocycles. The van der Waals surface area contributed by atoms with Gasteiger partial charge in [0.15, 0.2) is 0 Å². The van der Waals surface area contributed by atoms with Crippen molar-refractivity contribution in [2.45, 2.75) is 13.8 Å².